The largest absolute Gasteiger partial charge is 0.488 e. The summed E-state index contributed by atoms with van der Waals surface area (Å²) < 4.78 is 6.53. The Morgan fingerprint density at radius 3 is 2.68 bits per heavy atom. The van der Waals surface area contributed by atoms with Crippen LogP contribution in [0.1, 0.15) is 17.0 Å². The van der Waals surface area contributed by atoms with Crippen molar-refractivity contribution < 1.29 is 14.6 Å². The zero-order chi connectivity index (χ0) is 20.1. The van der Waals surface area contributed by atoms with Crippen LogP contribution < -0.4 is 4.74 Å². The van der Waals surface area contributed by atoms with Gasteiger partial charge in [-0.3, -0.25) is 5.10 Å². The molecule has 9 heteroatoms. The number of nitrogens with one attached hydrogen (secondary N) is 1. The molecule has 0 atom stereocenters. The van der Waals surface area contributed by atoms with Crippen LogP contribution in [0.15, 0.2) is 57.0 Å². The van der Waals surface area contributed by atoms with E-state index < -0.39 is 5.97 Å². The highest BCUT2D eigenvalue weighted by atomic mass is 79.9. The lowest BCUT2D eigenvalue weighted by molar-refractivity contribution is -0.131. The Morgan fingerprint density at radius 2 is 2.07 bits per heavy atom. The second-order valence-corrected chi connectivity index (χ2v) is 8.02. The standard InChI is InChI=1S/C19H15BrClN3O3S/c1-11-22-19(24-23-11)28-17(18(25)26)9-13-4-7-16(15(20)8-13)27-10-12-2-5-14(21)6-3-12/h2-9H,10H2,1H3,(H,25,26)(H,22,23,24)/b17-9-. The first kappa shape index (κ1) is 20.4. The number of benzene rings is 2. The summed E-state index contributed by atoms with van der Waals surface area (Å²) in [7, 11) is 0. The van der Waals surface area contributed by atoms with Gasteiger partial charge in [-0.05, 0) is 76.1 Å². The number of aromatic nitrogens is 3. The summed E-state index contributed by atoms with van der Waals surface area (Å²) in [5.41, 5.74) is 1.70. The van der Waals surface area contributed by atoms with E-state index in [1.165, 1.54) is 0 Å². The molecule has 0 saturated heterocycles. The monoisotopic (exact) mass is 479 g/mol. The molecule has 0 fully saturated rings. The molecule has 3 rings (SSSR count). The number of H-pyrrole nitrogens is 1. The lowest BCUT2D eigenvalue weighted by Crippen LogP contribution is -1.98. The molecule has 1 heterocycles. The summed E-state index contributed by atoms with van der Waals surface area (Å²) in [6.07, 6.45) is 1.56. The third kappa shape index (κ3) is 5.60. The number of aliphatic carboxylic acids is 1. The van der Waals surface area contributed by atoms with Gasteiger partial charge in [-0.25, -0.2) is 9.78 Å². The van der Waals surface area contributed by atoms with E-state index in [0.29, 0.717) is 33.9 Å². The highest BCUT2D eigenvalue weighted by Crippen LogP contribution is 2.30. The number of halogens is 2. The van der Waals surface area contributed by atoms with Crippen molar-refractivity contribution in [3.63, 3.8) is 0 Å². The van der Waals surface area contributed by atoms with Crippen LogP contribution in [0, 0.1) is 6.92 Å². The second-order valence-electron chi connectivity index (χ2n) is 5.72. The van der Waals surface area contributed by atoms with Crippen molar-refractivity contribution in [2.75, 3.05) is 0 Å². The number of carbonyl (C=O) groups is 1. The topological polar surface area (TPSA) is 88.1 Å². The minimum absolute atomic E-state index is 0.112. The van der Waals surface area contributed by atoms with E-state index in [4.69, 9.17) is 16.3 Å². The van der Waals surface area contributed by atoms with Crippen LogP contribution in [-0.4, -0.2) is 26.3 Å². The van der Waals surface area contributed by atoms with Crippen LogP contribution in [0.5, 0.6) is 5.75 Å². The fourth-order valence-electron chi connectivity index (χ4n) is 2.22. The van der Waals surface area contributed by atoms with Crippen molar-refractivity contribution in [2.45, 2.75) is 18.7 Å². The number of carboxylic acids is 1. The average Bonchev–Trinajstić information content (AvgIpc) is 3.06. The Morgan fingerprint density at radius 1 is 1.32 bits per heavy atom. The molecule has 0 unspecified atom stereocenters. The number of rotatable bonds is 7. The van der Waals surface area contributed by atoms with E-state index in [1.54, 1.807) is 31.2 Å². The lowest BCUT2D eigenvalue weighted by atomic mass is 10.2. The Balaban J connectivity index is 1.73. The van der Waals surface area contributed by atoms with E-state index >= 15 is 0 Å². The number of carboxylic acid groups (broad SMARTS) is 1. The van der Waals surface area contributed by atoms with Gasteiger partial charge in [0.05, 0.1) is 4.47 Å². The third-order valence-electron chi connectivity index (χ3n) is 3.55. The Bertz CT molecular complexity index is 1020. The molecule has 0 saturated carbocycles. The van der Waals surface area contributed by atoms with E-state index in [1.807, 2.05) is 24.3 Å². The minimum atomic E-state index is -1.05. The highest BCUT2D eigenvalue weighted by Gasteiger charge is 2.13. The summed E-state index contributed by atoms with van der Waals surface area (Å²) in [5.74, 6) is 0.227. The summed E-state index contributed by atoms with van der Waals surface area (Å²) in [6, 6.07) is 12.8. The quantitative estimate of drug-likeness (QED) is 0.351. The van der Waals surface area contributed by atoms with Gasteiger partial charge in [-0.2, -0.15) is 0 Å². The van der Waals surface area contributed by atoms with Crippen molar-refractivity contribution in [1.82, 2.24) is 15.2 Å². The molecule has 0 aliphatic carbocycles. The fourth-order valence-corrected chi connectivity index (χ4v) is 3.61. The fraction of sp³-hybridized carbons (Fsp3) is 0.105. The van der Waals surface area contributed by atoms with Gasteiger partial charge in [0, 0.05) is 5.02 Å². The predicted molar refractivity (Wildman–Crippen MR) is 113 cm³/mol. The van der Waals surface area contributed by atoms with Gasteiger partial charge < -0.3 is 9.84 Å². The molecule has 0 bridgehead atoms. The maximum atomic E-state index is 11.5. The smallest absolute Gasteiger partial charge is 0.342 e. The number of aryl methyl sites for hydroxylation is 1. The number of hydrogen-bond acceptors (Lipinski definition) is 5. The lowest BCUT2D eigenvalue weighted by Gasteiger charge is -2.09. The van der Waals surface area contributed by atoms with Crippen molar-refractivity contribution in [1.29, 1.82) is 0 Å². The third-order valence-corrected chi connectivity index (χ3v) is 5.30. The summed E-state index contributed by atoms with van der Waals surface area (Å²) in [5, 5.41) is 17.1. The summed E-state index contributed by atoms with van der Waals surface area (Å²) >= 11 is 10.3. The van der Waals surface area contributed by atoms with Gasteiger partial charge >= 0.3 is 5.97 Å². The van der Waals surface area contributed by atoms with Gasteiger partial charge in [0.1, 0.15) is 23.1 Å². The molecule has 0 aliphatic heterocycles. The molecule has 0 amide bonds. The van der Waals surface area contributed by atoms with Crippen LogP contribution in [-0.2, 0) is 11.4 Å². The van der Waals surface area contributed by atoms with Crippen molar-refractivity contribution >= 4 is 51.3 Å². The second kappa shape index (κ2) is 9.27. The molecule has 3 aromatic rings. The Kier molecular flexibility index (Phi) is 6.77. The average molecular weight is 481 g/mol. The zero-order valence-electron chi connectivity index (χ0n) is 14.6. The van der Waals surface area contributed by atoms with Crippen molar-refractivity contribution in [3.05, 3.63) is 73.8 Å². The molecule has 28 heavy (non-hydrogen) atoms. The summed E-state index contributed by atoms with van der Waals surface area (Å²) in [4.78, 5) is 15.8. The maximum absolute atomic E-state index is 11.5. The van der Waals surface area contributed by atoms with Crippen LogP contribution in [0.3, 0.4) is 0 Å². The molecule has 0 aliphatic rings. The first-order valence-electron chi connectivity index (χ1n) is 8.09. The molecular formula is C19H15BrClN3O3S. The molecule has 6 nitrogen and oxygen atoms in total. The Hall–Kier alpha value is -2.29. The van der Waals surface area contributed by atoms with E-state index in [2.05, 4.69) is 31.1 Å². The van der Waals surface area contributed by atoms with Crippen molar-refractivity contribution in [3.8, 4) is 5.75 Å². The summed E-state index contributed by atoms with van der Waals surface area (Å²) in [6.45, 7) is 2.15. The van der Waals surface area contributed by atoms with Crippen LogP contribution in [0.2, 0.25) is 5.02 Å². The van der Waals surface area contributed by atoms with E-state index in [0.717, 1.165) is 21.8 Å². The van der Waals surface area contributed by atoms with Crippen molar-refractivity contribution in [2.24, 2.45) is 0 Å². The van der Waals surface area contributed by atoms with Gasteiger partial charge in [-0.1, -0.05) is 29.8 Å². The van der Waals surface area contributed by atoms with E-state index in [-0.39, 0.29) is 4.91 Å². The van der Waals surface area contributed by atoms with Crippen LogP contribution >= 0.6 is 39.3 Å². The molecule has 0 spiro atoms. The van der Waals surface area contributed by atoms with E-state index in [9.17, 15) is 9.90 Å². The molecule has 0 radical (unpaired) electrons. The molecule has 2 N–H and O–H groups in total. The van der Waals surface area contributed by atoms with Gasteiger partial charge in [-0.15, -0.1) is 5.10 Å². The molecule has 144 valence electrons. The van der Waals surface area contributed by atoms with Gasteiger partial charge in [0.25, 0.3) is 0 Å². The number of thioether (sulfide) groups is 1. The number of hydrogen-bond donors (Lipinski definition) is 2. The molecule has 2 aromatic carbocycles. The first-order chi connectivity index (χ1) is 13.4. The molecular weight excluding hydrogens is 466 g/mol. The Labute approximate surface area is 179 Å². The van der Waals surface area contributed by atoms with Crippen LogP contribution in [0.25, 0.3) is 6.08 Å². The zero-order valence-corrected chi connectivity index (χ0v) is 17.8. The maximum Gasteiger partial charge on any atom is 0.342 e. The molecule has 1 aromatic heterocycles. The first-order valence-corrected chi connectivity index (χ1v) is 10.1. The van der Waals surface area contributed by atoms with Gasteiger partial charge in [0.15, 0.2) is 0 Å². The highest BCUT2D eigenvalue weighted by molar-refractivity contribution is 9.10. The number of aromatic amines is 1. The van der Waals surface area contributed by atoms with Crippen LogP contribution in [0.4, 0.5) is 0 Å². The minimum Gasteiger partial charge on any atom is -0.488 e. The normalized spacial score (nSPS) is 11.5. The SMILES string of the molecule is Cc1nc(S/C(=C\c2ccc(OCc3ccc(Cl)cc3)c(Br)c2)C(=O)O)n[nH]1. The van der Waals surface area contributed by atoms with Gasteiger partial charge in [0.2, 0.25) is 5.16 Å². The number of nitrogens with zero attached hydrogens (tertiary/aromatic N) is 2. The number of ether oxygens (including phenoxy) is 1. The predicted octanol–water partition coefficient (Wildman–Crippen LogP) is 5.33.